The molecule has 0 spiro atoms. The van der Waals surface area contributed by atoms with Gasteiger partial charge in [0.25, 0.3) is 0 Å². The van der Waals surface area contributed by atoms with Gasteiger partial charge in [0.1, 0.15) is 11.6 Å². The van der Waals surface area contributed by atoms with E-state index in [1.54, 1.807) is 6.92 Å². The average Bonchev–Trinajstić information content (AvgIpc) is 2.27. The van der Waals surface area contributed by atoms with Crippen molar-refractivity contribution >= 4 is 0 Å². The molecule has 0 bridgehead atoms. The van der Waals surface area contributed by atoms with E-state index in [9.17, 15) is 8.78 Å². The molecule has 3 heteroatoms. The second kappa shape index (κ2) is 7.59. The summed E-state index contributed by atoms with van der Waals surface area (Å²) in [4.78, 5) is 0. The highest BCUT2D eigenvalue weighted by Gasteiger charge is 2.17. The number of benzene rings is 1. The van der Waals surface area contributed by atoms with Crippen LogP contribution in [-0.4, -0.2) is 6.04 Å². The summed E-state index contributed by atoms with van der Waals surface area (Å²) in [5.41, 5.74) is 0.137. The number of hydrogen-bond donors (Lipinski definition) is 1. The van der Waals surface area contributed by atoms with Gasteiger partial charge in [-0.2, -0.15) is 0 Å². The summed E-state index contributed by atoms with van der Waals surface area (Å²) < 4.78 is 27.3. The van der Waals surface area contributed by atoms with Crippen LogP contribution in [0.1, 0.15) is 58.6 Å². The molecule has 1 N–H and O–H groups in total. The lowest BCUT2D eigenvalue weighted by molar-refractivity contribution is 0.406. The van der Waals surface area contributed by atoms with E-state index in [0.717, 1.165) is 12.8 Å². The molecular formula is C16H25F2N. The van der Waals surface area contributed by atoms with E-state index in [-0.39, 0.29) is 17.6 Å². The summed E-state index contributed by atoms with van der Waals surface area (Å²) in [7, 11) is 0. The third-order valence-electron chi connectivity index (χ3n) is 3.39. The lowest BCUT2D eigenvalue weighted by Crippen LogP contribution is -2.30. The van der Waals surface area contributed by atoms with Crippen molar-refractivity contribution in [2.45, 2.75) is 59.0 Å². The molecule has 0 aromatic heterocycles. The number of hydrogen-bond acceptors (Lipinski definition) is 1. The Morgan fingerprint density at radius 1 is 1.00 bits per heavy atom. The maximum atomic E-state index is 13.6. The Kier molecular flexibility index (Phi) is 6.43. The van der Waals surface area contributed by atoms with Crippen molar-refractivity contribution in [1.29, 1.82) is 0 Å². The van der Waals surface area contributed by atoms with E-state index in [1.165, 1.54) is 24.6 Å². The molecule has 1 nitrogen and oxygen atoms in total. The summed E-state index contributed by atoms with van der Waals surface area (Å²) >= 11 is 0. The van der Waals surface area contributed by atoms with Gasteiger partial charge in [-0.1, -0.05) is 32.8 Å². The minimum Gasteiger partial charge on any atom is -0.308 e. The first-order valence-electron chi connectivity index (χ1n) is 7.11. The first kappa shape index (κ1) is 16.1. The zero-order chi connectivity index (χ0) is 14.4. The van der Waals surface area contributed by atoms with E-state index >= 15 is 0 Å². The summed E-state index contributed by atoms with van der Waals surface area (Å²) in [6.45, 7) is 8.28. The van der Waals surface area contributed by atoms with Crippen LogP contribution in [-0.2, 0) is 0 Å². The van der Waals surface area contributed by atoms with Crippen LogP contribution in [0.5, 0.6) is 0 Å². The molecule has 0 saturated heterocycles. The summed E-state index contributed by atoms with van der Waals surface area (Å²) in [6, 6.07) is 3.95. The van der Waals surface area contributed by atoms with E-state index < -0.39 is 11.6 Å². The molecule has 0 fully saturated rings. The van der Waals surface area contributed by atoms with Crippen molar-refractivity contribution in [2.75, 3.05) is 0 Å². The zero-order valence-corrected chi connectivity index (χ0v) is 12.3. The maximum Gasteiger partial charge on any atom is 0.130 e. The van der Waals surface area contributed by atoms with Crippen LogP contribution in [0.15, 0.2) is 18.2 Å². The SMILES string of the molecule is CC(C)CCCC(C)NC(C)c1c(F)cccc1F. The topological polar surface area (TPSA) is 12.0 Å². The van der Waals surface area contributed by atoms with Gasteiger partial charge in [-0.05, 0) is 38.3 Å². The van der Waals surface area contributed by atoms with Crippen LogP contribution in [0, 0.1) is 17.6 Å². The highest BCUT2D eigenvalue weighted by Crippen LogP contribution is 2.21. The third-order valence-corrected chi connectivity index (χ3v) is 3.39. The Morgan fingerprint density at radius 3 is 2.11 bits per heavy atom. The number of rotatable bonds is 7. The quantitative estimate of drug-likeness (QED) is 0.747. The number of halogens is 2. The summed E-state index contributed by atoms with van der Waals surface area (Å²) in [6.07, 6.45) is 3.35. The van der Waals surface area contributed by atoms with Crippen LogP contribution in [0.4, 0.5) is 8.78 Å². The van der Waals surface area contributed by atoms with Gasteiger partial charge in [0.15, 0.2) is 0 Å². The molecule has 0 aliphatic rings. The maximum absolute atomic E-state index is 13.6. The van der Waals surface area contributed by atoms with E-state index in [1.807, 2.05) is 0 Å². The van der Waals surface area contributed by atoms with Crippen molar-refractivity contribution in [3.8, 4) is 0 Å². The molecule has 0 amide bonds. The Balaban J connectivity index is 2.52. The average molecular weight is 269 g/mol. The monoisotopic (exact) mass is 269 g/mol. The van der Waals surface area contributed by atoms with Gasteiger partial charge in [0.05, 0.1) is 0 Å². The third kappa shape index (κ3) is 5.27. The molecule has 108 valence electrons. The van der Waals surface area contributed by atoms with Gasteiger partial charge in [0, 0.05) is 17.6 Å². The second-order valence-corrected chi connectivity index (χ2v) is 5.75. The normalized spacial score (nSPS) is 14.7. The Hall–Kier alpha value is -0.960. The summed E-state index contributed by atoms with van der Waals surface area (Å²) in [5, 5.41) is 3.27. The minimum absolute atomic E-state index is 0.137. The molecule has 0 aliphatic heterocycles. The van der Waals surface area contributed by atoms with Gasteiger partial charge in [0.2, 0.25) is 0 Å². The van der Waals surface area contributed by atoms with Crippen LogP contribution in [0.3, 0.4) is 0 Å². The van der Waals surface area contributed by atoms with Crippen molar-refractivity contribution in [2.24, 2.45) is 5.92 Å². The molecule has 0 radical (unpaired) electrons. The predicted molar refractivity (Wildman–Crippen MR) is 76.1 cm³/mol. The van der Waals surface area contributed by atoms with Gasteiger partial charge >= 0.3 is 0 Å². The van der Waals surface area contributed by atoms with Crippen molar-refractivity contribution in [3.05, 3.63) is 35.4 Å². The molecule has 1 rings (SSSR count). The fraction of sp³-hybridized carbons (Fsp3) is 0.625. The van der Waals surface area contributed by atoms with Crippen molar-refractivity contribution in [3.63, 3.8) is 0 Å². The van der Waals surface area contributed by atoms with E-state index in [0.29, 0.717) is 5.92 Å². The van der Waals surface area contributed by atoms with Crippen molar-refractivity contribution in [1.82, 2.24) is 5.32 Å². The van der Waals surface area contributed by atoms with Crippen LogP contribution in [0.2, 0.25) is 0 Å². The van der Waals surface area contributed by atoms with Crippen LogP contribution >= 0.6 is 0 Å². The van der Waals surface area contributed by atoms with Crippen molar-refractivity contribution < 1.29 is 8.78 Å². The second-order valence-electron chi connectivity index (χ2n) is 5.75. The van der Waals surface area contributed by atoms with Gasteiger partial charge in [-0.25, -0.2) is 8.78 Å². The highest BCUT2D eigenvalue weighted by atomic mass is 19.1. The van der Waals surface area contributed by atoms with Crippen LogP contribution < -0.4 is 5.32 Å². The van der Waals surface area contributed by atoms with Crippen LogP contribution in [0.25, 0.3) is 0 Å². The zero-order valence-electron chi connectivity index (χ0n) is 12.3. The Morgan fingerprint density at radius 2 is 1.58 bits per heavy atom. The van der Waals surface area contributed by atoms with Gasteiger partial charge in [-0.15, -0.1) is 0 Å². The van der Waals surface area contributed by atoms with E-state index in [2.05, 4.69) is 26.1 Å². The Bertz CT molecular complexity index is 370. The molecule has 19 heavy (non-hydrogen) atoms. The molecule has 1 aromatic carbocycles. The van der Waals surface area contributed by atoms with E-state index in [4.69, 9.17) is 0 Å². The highest BCUT2D eigenvalue weighted by molar-refractivity contribution is 5.22. The standard InChI is InChI=1S/C16H25F2N/c1-11(2)7-5-8-12(3)19-13(4)16-14(17)9-6-10-15(16)18/h6,9-13,19H,5,7-8H2,1-4H3. The largest absolute Gasteiger partial charge is 0.308 e. The van der Waals surface area contributed by atoms with Gasteiger partial charge < -0.3 is 5.32 Å². The molecular weight excluding hydrogens is 244 g/mol. The first-order valence-corrected chi connectivity index (χ1v) is 7.11. The molecule has 2 atom stereocenters. The lowest BCUT2D eigenvalue weighted by Gasteiger charge is -2.21. The predicted octanol–water partition coefficient (Wildman–Crippen LogP) is 4.83. The molecule has 1 aromatic rings. The molecule has 0 saturated carbocycles. The molecule has 0 aliphatic carbocycles. The lowest BCUT2D eigenvalue weighted by atomic mass is 10.0. The smallest absolute Gasteiger partial charge is 0.130 e. The molecule has 2 unspecified atom stereocenters. The summed E-state index contributed by atoms with van der Waals surface area (Å²) in [5.74, 6) is -0.252. The Labute approximate surface area is 115 Å². The minimum atomic E-state index is -0.477. The first-order chi connectivity index (χ1) is 8.91. The number of nitrogens with one attached hydrogen (secondary N) is 1. The fourth-order valence-electron chi connectivity index (χ4n) is 2.35. The fourth-order valence-corrected chi connectivity index (χ4v) is 2.35. The van der Waals surface area contributed by atoms with Gasteiger partial charge in [-0.3, -0.25) is 0 Å². The molecule has 0 heterocycles.